The Balaban J connectivity index is 2.07. The number of hydrogen-bond acceptors (Lipinski definition) is 3. The normalized spacial score (nSPS) is 39.0. The van der Waals surface area contributed by atoms with Gasteiger partial charge in [0.1, 0.15) is 0 Å². The average molecular weight is 142 g/mol. The maximum atomic E-state index is 10.9. The molecule has 0 radical (unpaired) electrons. The first kappa shape index (κ1) is 6.12. The molecule has 2 rings (SSSR count). The molecule has 0 aromatic carbocycles. The zero-order valence-corrected chi connectivity index (χ0v) is 5.67. The lowest BCUT2D eigenvalue weighted by Gasteiger charge is -2.34. The van der Waals surface area contributed by atoms with Crippen molar-refractivity contribution in [2.24, 2.45) is 5.92 Å². The Morgan fingerprint density at radius 3 is 3.40 bits per heavy atom. The minimum atomic E-state index is 0.0379. The first-order valence-electron chi connectivity index (χ1n) is 3.58. The third kappa shape index (κ3) is 0.892. The van der Waals surface area contributed by atoms with Crippen LogP contribution in [0.15, 0.2) is 0 Å². The van der Waals surface area contributed by atoms with Crippen molar-refractivity contribution < 1.29 is 9.73 Å². The SMILES string of the molecule is O=C1NON2CCCC1C2. The molecule has 4 heteroatoms. The quantitative estimate of drug-likeness (QED) is 0.503. The van der Waals surface area contributed by atoms with Crippen molar-refractivity contribution in [3.63, 3.8) is 0 Å². The van der Waals surface area contributed by atoms with E-state index in [1.807, 2.05) is 0 Å². The van der Waals surface area contributed by atoms with Gasteiger partial charge in [-0.25, -0.2) is 5.48 Å². The molecule has 2 aliphatic rings. The Bertz CT molecular complexity index is 160. The number of piperidine rings is 1. The molecule has 0 aromatic rings. The van der Waals surface area contributed by atoms with Crippen LogP contribution >= 0.6 is 0 Å². The largest absolute Gasteiger partial charge is 0.272 e. The van der Waals surface area contributed by atoms with Crippen molar-refractivity contribution in [3.8, 4) is 0 Å². The third-order valence-electron chi connectivity index (χ3n) is 2.03. The van der Waals surface area contributed by atoms with Crippen molar-refractivity contribution in [3.05, 3.63) is 0 Å². The van der Waals surface area contributed by atoms with Crippen LogP contribution in [0.25, 0.3) is 0 Å². The van der Waals surface area contributed by atoms with E-state index in [0.717, 1.165) is 25.9 Å². The van der Waals surface area contributed by atoms with Gasteiger partial charge in [0.05, 0.1) is 5.92 Å². The number of hydrogen-bond donors (Lipinski definition) is 1. The molecule has 0 aromatic heterocycles. The molecule has 2 fully saturated rings. The van der Waals surface area contributed by atoms with E-state index in [1.165, 1.54) is 0 Å². The van der Waals surface area contributed by atoms with E-state index < -0.39 is 0 Å². The summed E-state index contributed by atoms with van der Waals surface area (Å²) in [6.45, 7) is 1.71. The lowest BCUT2D eigenvalue weighted by Crippen LogP contribution is -2.51. The van der Waals surface area contributed by atoms with Gasteiger partial charge in [-0.15, -0.1) is 0 Å². The predicted octanol–water partition coefficient (Wildman–Crippen LogP) is -0.325. The molecule has 1 amide bonds. The summed E-state index contributed by atoms with van der Waals surface area (Å²) in [5.74, 6) is 0.207. The molecular formula is C6H10N2O2. The summed E-state index contributed by atoms with van der Waals surface area (Å²) in [4.78, 5) is 15.8. The predicted molar refractivity (Wildman–Crippen MR) is 33.5 cm³/mol. The van der Waals surface area contributed by atoms with Gasteiger partial charge in [-0.3, -0.25) is 4.79 Å². The van der Waals surface area contributed by atoms with E-state index in [9.17, 15) is 4.79 Å². The molecule has 0 spiro atoms. The Hall–Kier alpha value is -0.610. The summed E-state index contributed by atoms with van der Waals surface area (Å²) in [6.07, 6.45) is 2.07. The summed E-state index contributed by atoms with van der Waals surface area (Å²) in [6, 6.07) is 0. The molecule has 1 N–H and O–H groups in total. The third-order valence-corrected chi connectivity index (χ3v) is 2.03. The van der Waals surface area contributed by atoms with E-state index in [0.29, 0.717) is 0 Å². The maximum Gasteiger partial charge on any atom is 0.249 e. The number of carbonyl (C=O) groups is 1. The number of fused-ring (bicyclic) bond motifs is 2. The highest BCUT2D eigenvalue weighted by Gasteiger charge is 2.31. The van der Waals surface area contributed by atoms with E-state index in [4.69, 9.17) is 4.94 Å². The van der Waals surface area contributed by atoms with Crippen LogP contribution in [-0.2, 0) is 9.73 Å². The summed E-state index contributed by atoms with van der Waals surface area (Å²) >= 11 is 0. The van der Waals surface area contributed by atoms with Crippen LogP contribution in [-0.4, -0.2) is 24.1 Å². The highest BCUT2D eigenvalue weighted by atomic mass is 16.8. The molecule has 2 bridgehead atoms. The van der Waals surface area contributed by atoms with Crippen LogP contribution in [0.4, 0.5) is 0 Å². The van der Waals surface area contributed by atoms with Gasteiger partial charge >= 0.3 is 0 Å². The molecule has 2 saturated heterocycles. The second kappa shape index (κ2) is 2.21. The van der Waals surface area contributed by atoms with Gasteiger partial charge in [0.2, 0.25) is 5.91 Å². The standard InChI is InChI=1S/C6H10N2O2/c9-6-5-2-1-3-8(4-5)10-7-6/h5H,1-4H2,(H,7,9). The Morgan fingerprint density at radius 2 is 2.60 bits per heavy atom. The van der Waals surface area contributed by atoms with Crippen LogP contribution in [0.5, 0.6) is 0 Å². The van der Waals surface area contributed by atoms with Crippen LogP contribution in [0.1, 0.15) is 12.8 Å². The van der Waals surface area contributed by atoms with E-state index >= 15 is 0 Å². The molecule has 0 saturated carbocycles. The number of rotatable bonds is 0. The molecule has 2 unspecified atom stereocenters. The molecule has 2 aliphatic heterocycles. The summed E-state index contributed by atoms with van der Waals surface area (Å²) in [5, 5.41) is 1.80. The van der Waals surface area contributed by atoms with Crippen molar-refractivity contribution >= 4 is 5.91 Å². The monoisotopic (exact) mass is 142 g/mol. The highest BCUT2D eigenvalue weighted by Crippen LogP contribution is 2.19. The van der Waals surface area contributed by atoms with Gasteiger partial charge in [0.25, 0.3) is 0 Å². The lowest BCUT2D eigenvalue weighted by molar-refractivity contribution is -0.248. The molecule has 2 heterocycles. The summed E-state index contributed by atoms with van der Waals surface area (Å²) < 4.78 is 0. The Morgan fingerprint density at radius 1 is 1.70 bits per heavy atom. The zero-order chi connectivity index (χ0) is 6.97. The fourth-order valence-electron chi connectivity index (χ4n) is 1.43. The molecular weight excluding hydrogens is 132 g/mol. The highest BCUT2D eigenvalue weighted by molar-refractivity contribution is 5.78. The van der Waals surface area contributed by atoms with Crippen LogP contribution in [0.3, 0.4) is 0 Å². The topological polar surface area (TPSA) is 41.6 Å². The van der Waals surface area contributed by atoms with Crippen molar-refractivity contribution in [2.75, 3.05) is 13.1 Å². The Labute approximate surface area is 59.0 Å². The number of nitrogens with zero attached hydrogens (tertiary/aromatic N) is 1. The van der Waals surface area contributed by atoms with Gasteiger partial charge in [-0.2, -0.15) is 10.0 Å². The minimum Gasteiger partial charge on any atom is -0.272 e. The van der Waals surface area contributed by atoms with Gasteiger partial charge < -0.3 is 0 Å². The summed E-state index contributed by atoms with van der Waals surface area (Å²) in [5.41, 5.74) is 2.37. The average Bonchev–Trinajstić information content (AvgIpc) is 1.99. The molecule has 0 aliphatic carbocycles. The fourth-order valence-corrected chi connectivity index (χ4v) is 1.43. The first-order valence-corrected chi connectivity index (χ1v) is 3.58. The number of carbonyl (C=O) groups excluding carboxylic acids is 1. The summed E-state index contributed by atoms with van der Waals surface area (Å²) in [7, 11) is 0. The van der Waals surface area contributed by atoms with Gasteiger partial charge in [-0.1, -0.05) is 0 Å². The molecule has 2 atom stereocenters. The van der Waals surface area contributed by atoms with Crippen molar-refractivity contribution in [1.82, 2.24) is 10.5 Å². The number of amides is 1. The van der Waals surface area contributed by atoms with Gasteiger partial charge in [0.15, 0.2) is 0 Å². The minimum absolute atomic E-state index is 0.0379. The maximum absolute atomic E-state index is 10.9. The van der Waals surface area contributed by atoms with Crippen LogP contribution in [0.2, 0.25) is 0 Å². The second-order valence-electron chi connectivity index (χ2n) is 2.78. The van der Waals surface area contributed by atoms with Crippen molar-refractivity contribution in [1.29, 1.82) is 0 Å². The number of hydroxylamine groups is 3. The Kier molecular flexibility index (Phi) is 1.35. The zero-order valence-electron chi connectivity index (χ0n) is 5.67. The van der Waals surface area contributed by atoms with E-state index in [1.54, 1.807) is 5.06 Å². The van der Waals surface area contributed by atoms with Crippen molar-refractivity contribution in [2.45, 2.75) is 12.8 Å². The van der Waals surface area contributed by atoms with Gasteiger partial charge in [-0.05, 0) is 12.8 Å². The van der Waals surface area contributed by atoms with Gasteiger partial charge in [0, 0.05) is 13.1 Å². The molecule has 10 heavy (non-hydrogen) atoms. The second-order valence-corrected chi connectivity index (χ2v) is 2.78. The molecule has 56 valence electrons. The smallest absolute Gasteiger partial charge is 0.249 e. The van der Waals surface area contributed by atoms with E-state index in [-0.39, 0.29) is 11.8 Å². The lowest BCUT2D eigenvalue weighted by atomic mass is 9.98. The van der Waals surface area contributed by atoms with E-state index in [2.05, 4.69) is 5.48 Å². The number of nitrogens with one attached hydrogen (secondary N) is 1. The van der Waals surface area contributed by atoms with Crippen LogP contribution in [0, 0.1) is 5.92 Å². The molecule has 4 nitrogen and oxygen atoms in total. The van der Waals surface area contributed by atoms with Crippen LogP contribution < -0.4 is 5.48 Å². The fraction of sp³-hybridized carbons (Fsp3) is 0.833. The first-order chi connectivity index (χ1) is 4.86.